The van der Waals surface area contributed by atoms with Crippen LogP contribution in [0.15, 0.2) is 0 Å². The van der Waals surface area contributed by atoms with Crippen LogP contribution in [0.2, 0.25) is 0 Å². The molecule has 4 nitrogen and oxygen atoms in total. The first-order valence-electron chi connectivity index (χ1n) is 7.00. The number of hydrogen-bond donors (Lipinski definition) is 1. The fraction of sp³-hybridized carbons (Fsp3) is 0.714. The molecule has 1 aromatic rings. The van der Waals surface area contributed by atoms with Gasteiger partial charge in [0, 0.05) is 25.9 Å². The lowest BCUT2D eigenvalue weighted by Gasteiger charge is -2.16. The van der Waals surface area contributed by atoms with Crippen LogP contribution in [0.4, 0.5) is 5.82 Å². The normalized spacial score (nSPS) is 16.3. The number of rotatable bonds is 5. The van der Waals surface area contributed by atoms with E-state index in [1.165, 1.54) is 34.9 Å². The molecule has 0 radical (unpaired) electrons. The lowest BCUT2D eigenvalue weighted by molar-refractivity contribution is 0.409. The van der Waals surface area contributed by atoms with Gasteiger partial charge in [-0.05, 0) is 49.5 Å². The van der Waals surface area contributed by atoms with E-state index in [0.29, 0.717) is 5.92 Å². The zero-order chi connectivity index (χ0) is 13.8. The summed E-state index contributed by atoms with van der Waals surface area (Å²) >= 11 is 2.39. The number of halogens is 1. The van der Waals surface area contributed by atoms with E-state index in [1.54, 1.807) is 0 Å². The van der Waals surface area contributed by atoms with Crippen molar-refractivity contribution in [2.75, 3.05) is 33.0 Å². The summed E-state index contributed by atoms with van der Waals surface area (Å²) in [5, 5.41) is 3.21. The van der Waals surface area contributed by atoms with E-state index in [2.05, 4.69) is 51.9 Å². The van der Waals surface area contributed by atoms with Gasteiger partial charge in [0.1, 0.15) is 11.6 Å². The van der Waals surface area contributed by atoms with E-state index in [9.17, 15) is 0 Å². The van der Waals surface area contributed by atoms with Crippen LogP contribution in [0.3, 0.4) is 0 Å². The summed E-state index contributed by atoms with van der Waals surface area (Å²) in [5.41, 5.74) is 1.27. The van der Waals surface area contributed by atoms with Crippen LogP contribution in [0.25, 0.3) is 0 Å². The molecule has 106 valence electrons. The van der Waals surface area contributed by atoms with Gasteiger partial charge in [-0.1, -0.05) is 12.8 Å². The van der Waals surface area contributed by atoms with Crippen molar-refractivity contribution < 1.29 is 0 Å². The second kappa shape index (κ2) is 6.83. The van der Waals surface area contributed by atoms with E-state index in [0.717, 1.165) is 24.6 Å². The summed E-state index contributed by atoms with van der Waals surface area (Å²) < 4.78 is 1.21. The molecule has 1 aromatic heterocycles. The molecule has 0 atom stereocenters. The van der Waals surface area contributed by atoms with Crippen molar-refractivity contribution in [2.45, 2.75) is 38.0 Å². The van der Waals surface area contributed by atoms with Crippen molar-refractivity contribution in [1.29, 1.82) is 0 Å². The molecule has 0 unspecified atom stereocenters. The number of nitrogens with zero attached hydrogens (tertiary/aromatic N) is 3. The van der Waals surface area contributed by atoms with Crippen LogP contribution >= 0.6 is 22.6 Å². The SMILES string of the molecule is CNc1nc(CCN(C)C)nc(C2CCCC2)c1I. The first kappa shape index (κ1) is 15.0. The highest BCUT2D eigenvalue weighted by Crippen LogP contribution is 2.36. The largest absolute Gasteiger partial charge is 0.372 e. The minimum absolute atomic E-state index is 0.639. The van der Waals surface area contributed by atoms with Gasteiger partial charge in [0.2, 0.25) is 0 Å². The maximum absolute atomic E-state index is 4.85. The second-order valence-electron chi connectivity index (χ2n) is 5.47. The lowest BCUT2D eigenvalue weighted by atomic mass is 10.0. The molecular formula is C14H23IN4. The van der Waals surface area contributed by atoms with Gasteiger partial charge < -0.3 is 10.2 Å². The first-order chi connectivity index (χ1) is 9.11. The molecule has 0 saturated heterocycles. The van der Waals surface area contributed by atoms with Gasteiger partial charge in [-0.2, -0.15) is 0 Å². The molecule has 1 saturated carbocycles. The highest BCUT2D eigenvalue weighted by molar-refractivity contribution is 14.1. The van der Waals surface area contributed by atoms with Crippen molar-refractivity contribution >= 4 is 28.4 Å². The summed E-state index contributed by atoms with van der Waals surface area (Å²) in [6.45, 7) is 0.994. The second-order valence-corrected chi connectivity index (χ2v) is 6.55. The summed E-state index contributed by atoms with van der Waals surface area (Å²) in [4.78, 5) is 11.7. The Morgan fingerprint density at radius 2 is 1.95 bits per heavy atom. The number of nitrogens with one attached hydrogen (secondary N) is 1. The predicted octanol–water partition coefficient (Wildman–Crippen LogP) is 2.88. The Labute approximate surface area is 129 Å². The average molecular weight is 374 g/mol. The maximum Gasteiger partial charge on any atom is 0.143 e. The van der Waals surface area contributed by atoms with E-state index >= 15 is 0 Å². The molecule has 1 aliphatic rings. The van der Waals surface area contributed by atoms with Crippen LogP contribution in [0, 0.1) is 3.57 Å². The minimum atomic E-state index is 0.639. The Kier molecular flexibility index (Phi) is 5.38. The lowest BCUT2D eigenvalue weighted by Crippen LogP contribution is -2.18. The molecule has 0 spiro atoms. The summed E-state index contributed by atoms with van der Waals surface area (Å²) in [6.07, 6.45) is 6.16. The maximum atomic E-state index is 4.85. The highest BCUT2D eigenvalue weighted by Gasteiger charge is 2.23. The third-order valence-electron chi connectivity index (χ3n) is 3.68. The van der Waals surface area contributed by atoms with E-state index < -0.39 is 0 Å². The third kappa shape index (κ3) is 3.78. The molecule has 1 fully saturated rings. The highest BCUT2D eigenvalue weighted by atomic mass is 127. The Morgan fingerprint density at radius 3 is 2.53 bits per heavy atom. The van der Waals surface area contributed by atoms with E-state index in [4.69, 9.17) is 4.98 Å². The quantitative estimate of drug-likeness (QED) is 0.805. The van der Waals surface area contributed by atoms with Crippen molar-refractivity contribution in [3.63, 3.8) is 0 Å². The van der Waals surface area contributed by atoms with Crippen LogP contribution < -0.4 is 5.32 Å². The first-order valence-corrected chi connectivity index (χ1v) is 8.08. The average Bonchev–Trinajstić information content (AvgIpc) is 2.91. The predicted molar refractivity (Wildman–Crippen MR) is 87.8 cm³/mol. The fourth-order valence-electron chi connectivity index (χ4n) is 2.58. The molecular weight excluding hydrogens is 351 g/mol. The number of likely N-dealkylation sites (N-methyl/N-ethyl adjacent to an activating group) is 1. The van der Waals surface area contributed by atoms with Gasteiger partial charge in [-0.25, -0.2) is 9.97 Å². The molecule has 5 heteroatoms. The van der Waals surface area contributed by atoms with Crippen LogP contribution in [0.5, 0.6) is 0 Å². The Bertz CT molecular complexity index is 428. The van der Waals surface area contributed by atoms with Gasteiger partial charge in [-0.3, -0.25) is 0 Å². The van der Waals surface area contributed by atoms with Crippen molar-refractivity contribution in [1.82, 2.24) is 14.9 Å². The van der Waals surface area contributed by atoms with Gasteiger partial charge in [-0.15, -0.1) is 0 Å². The monoisotopic (exact) mass is 374 g/mol. The summed E-state index contributed by atoms with van der Waals surface area (Å²) in [5.74, 6) is 2.60. The molecule has 0 aromatic carbocycles. The van der Waals surface area contributed by atoms with Crippen LogP contribution in [0.1, 0.15) is 43.1 Å². The van der Waals surface area contributed by atoms with Gasteiger partial charge in [0.05, 0.1) is 9.26 Å². The molecule has 0 aliphatic heterocycles. The third-order valence-corrected chi connectivity index (χ3v) is 4.75. The van der Waals surface area contributed by atoms with Crippen LogP contribution in [-0.4, -0.2) is 42.6 Å². The fourth-order valence-corrected chi connectivity index (χ4v) is 3.53. The molecule has 2 rings (SSSR count). The number of aromatic nitrogens is 2. The Morgan fingerprint density at radius 1 is 1.26 bits per heavy atom. The molecule has 1 heterocycles. The van der Waals surface area contributed by atoms with Crippen molar-refractivity contribution in [3.8, 4) is 0 Å². The summed E-state index contributed by atoms with van der Waals surface area (Å²) in [6, 6.07) is 0. The standard InChI is InChI=1S/C14H23IN4/c1-16-14-12(15)13(10-6-4-5-7-10)17-11(18-14)8-9-19(2)3/h10H,4-9H2,1-3H3,(H,16,17,18). The van der Waals surface area contributed by atoms with Gasteiger partial charge >= 0.3 is 0 Å². The Balaban J connectivity index is 2.26. The van der Waals surface area contributed by atoms with Crippen molar-refractivity contribution in [2.24, 2.45) is 0 Å². The van der Waals surface area contributed by atoms with Crippen molar-refractivity contribution in [3.05, 3.63) is 15.1 Å². The minimum Gasteiger partial charge on any atom is -0.372 e. The molecule has 0 amide bonds. The van der Waals surface area contributed by atoms with Gasteiger partial charge in [0.15, 0.2) is 0 Å². The summed E-state index contributed by atoms with van der Waals surface area (Å²) in [7, 11) is 6.12. The van der Waals surface area contributed by atoms with Crippen LogP contribution in [-0.2, 0) is 6.42 Å². The zero-order valence-corrected chi connectivity index (χ0v) is 14.2. The number of hydrogen-bond acceptors (Lipinski definition) is 4. The molecule has 1 aliphatic carbocycles. The van der Waals surface area contributed by atoms with E-state index in [-0.39, 0.29) is 0 Å². The molecule has 19 heavy (non-hydrogen) atoms. The number of anilines is 1. The topological polar surface area (TPSA) is 41.1 Å². The smallest absolute Gasteiger partial charge is 0.143 e. The Hall–Kier alpha value is -0.430. The van der Waals surface area contributed by atoms with E-state index in [1.807, 2.05) is 7.05 Å². The molecule has 1 N–H and O–H groups in total. The molecule has 0 bridgehead atoms. The van der Waals surface area contributed by atoms with Gasteiger partial charge in [0.25, 0.3) is 0 Å². The zero-order valence-electron chi connectivity index (χ0n) is 12.0.